The van der Waals surface area contributed by atoms with E-state index < -0.39 is 0 Å². The molecular formula is C16H24N2O2S. The van der Waals surface area contributed by atoms with Crippen molar-refractivity contribution in [3.63, 3.8) is 0 Å². The second kappa shape index (κ2) is 7.73. The number of ether oxygens (including phenoxy) is 1. The molecule has 0 bridgehead atoms. The Balaban J connectivity index is 1.69. The van der Waals surface area contributed by atoms with Gasteiger partial charge in [0.05, 0.1) is 6.10 Å². The summed E-state index contributed by atoms with van der Waals surface area (Å²) in [6, 6.07) is 7.56. The molecule has 1 heterocycles. The maximum atomic E-state index is 9.59. The van der Waals surface area contributed by atoms with Crippen molar-refractivity contribution in [2.75, 3.05) is 26.2 Å². The van der Waals surface area contributed by atoms with Crippen molar-refractivity contribution >= 4 is 17.2 Å². The van der Waals surface area contributed by atoms with E-state index in [4.69, 9.17) is 22.7 Å². The van der Waals surface area contributed by atoms with Crippen LogP contribution in [0.4, 0.5) is 0 Å². The molecule has 21 heavy (non-hydrogen) atoms. The Hall–Kier alpha value is -1.17. The number of aliphatic hydroxyl groups excluding tert-OH is 1. The molecule has 0 saturated carbocycles. The number of nitrogens with two attached hydrogens (primary N) is 1. The van der Waals surface area contributed by atoms with Crippen LogP contribution in [0, 0.1) is 5.92 Å². The molecule has 0 aromatic heterocycles. The van der Waals surface area contributed by atoms with E-state index in [-0.39, 0.29) is 6.10 Å². The highest BCUT2D eigenvalue weighted by Crippen LogP contribution is 2.20. The monoisotopic (exact) mass is 308 g/mol. The van der Waals surface area contributed by atoms with Crippen LogP contribution in [-0.4, -0.2) is 47.3 Å². The van der Waals surface area contributed by atoms with Gasteiger partial charge in [0.2, 0.25) is 0 Å². The van der Waals surface area contributed by atoms with E-state index in [1.807, 2.05) is 31.2 Å². The van der Waals surface area contributed by atoms with Crippen molar-refractivity contribution in [2.45, 2.75) is 25.9 Å². The predicted molar refractivity (Wildman–Crippen MR) is 88.7 cm³/mol. The van der Waals surface area contributed by atoms with Crippen molar-refractivity contribution in [1.82, 2.24) is 4.90 Å². The van der Waals surface area contributed by atoms with Gasteiger partial charge in [-0.2, -0.15) is 0 Å². The van der Waals surface area contributed by atoms with Crippen LogP contribution < -0.4 is 10.5 Å². The van der Waals surface area contributed by atoms with E-state index in [2.05, 4.69) is 4.90 Å². The van der Waals surface area contributed by atoms with Crippen LogP contribution in [0.5, 0.6) is 5.75 Å². The summed E-state index contributed by atoms with van der Waals surface area (Å²) in [6.07, 6.45) is 1.95. The summed E-state index contributed by atoms with van der Waals surface area (Å²) in [5.74, 6) is 1.30. The van der Waals surface area contributed by atoms with E-state index in [1.165, 1.54) is 0 Å². The molecule has 1 atom stereocenters. The number of likely N-dealkylation sites (tertiary alicyclic amines) is 1. The van der Waals surface area contributed by atoms with Crippen LogP contribution in [0.3, 0.4) is 0 Å². The maximum Gasteiger partial charge on any atom is 0.119 e. The lowest BCUT2D eigenvalue weighted by molar-refractivity contribution is 0.0672. The zero-order valence-electron chi connectivity index (χ0n) is 12.5. The summed E-state index contributed by atoms with van der Waals surface area (Å²) >= 11 is 4.92. The minimum atomic E-state index is -0.185. The molecule has 0 radical (unpaired) electrons. The molecule has 2 rings (SSSR count). The topological polar surface area (TPSA) is 58.7 Å². The standard InChI is InChI=1S/C16H24N2O2S/c1-12(19)13-6-8-18(9-7-13)10-11-20-15-4-2-14(3-5-15)16(17)21/h2-5,12-13,19H,6-11H2,1H3,(H2,17,21). The summed E-state index contributed by atoms with van der Waals surface area (Å²) in [4.78, 5) is 2.80. The van der Waals surface area contributed by atoms with Crippen molar-refractivity contribution in [2.24, 2.45) is 11.7 Å². The lowest BCUT2D eigenvalue weighted by Crippen LogP contribution is -2.39. The van der Waals surface area contributed by atoms with Gasteiger partial charge in [-0.25, -0.2) is 0 Å². The van der Waals surface area contributed by atoms with Gasteiger partial charge in [-0.3, -0.25) is 4.90 Å². The van der Waals surface area contributed by atoms with E-state index in [0.29, 0.717) is 17.5 Å². The number of hydrogen-bond donors (Lipinski definition) is 2. The predicted octanol–water partition coefficient (Wildman–Crippen LogP) is 1.79. The highest BCUT2D eigenvalue weighted by molar-refractivity contribution is 7.80. The number of thiocarbonyl (C=S) groups is 1. The third-order valence-electron chi connectivity index (χ3n) is 4.13. The summed E-state index contributed by atoms with van der Waals surface area (Å²) in [5.41, 5.74) is 6.42. The molecule has 1 unspecified atom stereocenters. The largest absolute Gasteiger partial charge is 0.492 e. The summed E-state index contributed by atoms with van der Waals surface area (Å²) < 4.78 is 5.74. The molecular weight excluding hydrogens is 284 g/mol. The molecule has 1 aromatic carbocycles. The molecule has 1 aromatic rings. The van der Waals surface area contributed by atoms with Gasteiger partial charge < -0.3 is 15.6 Å². The van der Waals surface area contributed by atoms with Gasteiger partial charge in [-0.1, -0.05) is 12.2 Å². The molecule has 3 N–H and O–H groups in total. The lowest BCUT2D eigenvalue weighted by Gasteiger charge is -2.33. The Bertz CT molecular complexity index is 454. The Morgan fingerprint density at radius 1 is 1.38 bits per heavy atom. The van der Waals surface area contributed by atoms with Gasteiger partial charge in [0.25, 0.3) is 0 Å². The highest BCUT2D eigenvalue weighted by Gasteiger charge is 2.22. The summed E-state index contributed by atoms with van der Waals surface area (Å²) in [6.45, 7) is 5.56. The van der Waals surface area contributed by atoms with Gasteiger partial charge in [0.1, 0.15) is 17.3 Å². The molecule has 0 aliphatic carbocycles. The fourth-order valence-corrected chi connectivity index (χ4v) is 2.80. The molecule has 0 amide bonds. The number of rotatable bonds is 6. The molecule has 0 spiro atoms. The van der Waals surface area contributed by atoms with Crippen molar-refractivity contribution in [3.8, 4) is 5.75 Å². The normalized spacial score (nSPS) is 18.4. The Kier molecular flexibility index (Phi) is 5.96. The summed E-state index contributed by atoms with van der Waals surface area (Å²) in [5, 5.41) is 9.59. The fourth-order valence-electron chi connectivity index (χ4n) is 2.67. The number of benzene rings is 1. The molecule has 1 saturated heterocycles. The van der Waals surface area contributed by atoms with Crippen LogP contribution in [0.25, 0.3) is 0 Å². The first kappa shape index (κ1) is 16.2. The fraction of sp³-hybridized carbons (Fsp3) is 0.562. The van der Waals surface area contributed by atoms with Gasteiger partial charge in [-0.15, -0.1) is 0 Å². The third-order valence-corrected chi connectivity index (χ3v) is 4.37. The number of piperidine rings is 1. The zero-order valence-corrected chi connectivity index (χ0v) is 13.3. The molecule has 4 nitrogen and oxygen atoms in total. The van der Waals surface area contributed by atoms with Gasteiger partial charge in [-0.05, 0) is 63.0 Å². The first-order chi connectivity index (χ1) is 10.1. The lowest BCUT2D eigenvalue weighted by atomic mass is 9.92. The Morgan fingerprint density at radius 3 is 2.52 bits per heavy atom. The van der Waals surface area contributed by atoms with Crippen LogP contribution in [-0.2, 0) is 0 Å². The quantitative estimate of drug-likeness (QED) is 0.785. The van der Waals surface area contributed by atoms with E-state index in [0.717, 1.165) is 43.8 Å². The average molecular weight is 308 g/mol. The van der Waals surface area contributed by atoms with Crippen molar-refractivity contribution in [3.05, 3.63) is 29.8 Å². The van der Waals surface area contributed by atoms with E-state index >= 15 is 0 Å². The van der Waals surface area contributed by atoms with E-state index in [1.54, 1.807) is 0 Å². The Labute approximate surface area is 131 Å². The molecule has 1 fully saturated rings. The van der Waals surface area contributed by atoms with Crippen molar-refractivity contribution < 1.29 is 9.84 Å². The maximum absolute atomic E-state index is 9.59. The zero-order chi connectivity index (χ0) is 15.2. The number of nitrogens with zero attached hydrogens (tertiary/aromatic N) is 1. The van der Waals surface area contributed by atoms with Gasteiger partial charge in [0.15, 0.2) is 0 Å². The van der Waals surface area contributed by atoms with Gasteiger partial charge in [0, 0.05) is 12.1 Å². The van der Waals surface area contributed by atoms with Crippen LogP contribution in [0.2, 0.25) is 0 Å². The minimum absolute atomic E-state index is 0.185. The molecule has 1 aliphatic heterocycles. The smallest absolute Gasteiger partial charge is 0.119 e. The third kappa shape index (κ3) is 4.95. The number of hydrogen-bond acceptors (Lipinski definition) is 4. The van der Waals surface area contributed by atoms with Crippen LogP contribution in [0.1, 0.15) is 25.3 Å². The highest BCUT2D eigenvalue weighted by atomic mass is 32.1. The Morgan fingerprint density at radius 2 is 2.00 bits per heavy atom. The first-order valence-electron chi connectivity index (χ1n) is 7.49. The first-order valence-corrected chi connectivity index (χ1v) is 7.90. The average Bonchev–Trinajstić information content (AvgIpc) is 2.48. The molecule has 116 valence electrons. The minimum Gasteiger partial charge on any atom is -0.492 e. The summed E-state index contributed by atoms with van der Waals surface area (Å²) in [7, 11) is 0. The van der Waals surface area contributed by atoms with Gasteiger partial charge >= 0.3 is 0 Å². The second-order valence-electron chi connectivity index (χ2n) is 5.66. The van der Waals surface area contributed by atoms with Crippen LogP contribution in [0.15, 0.2) is 24.3 Å². The SMILES string of the molecule is CC(O)C1CCN(CCOc2ccc(C(N)=S)cc2)CC1. The molecule has 5 heteroatoms. The van der Waals surface area contributed by atoms with Crippen molar-refractivity contribution in [1.29, 1.82) is 0 Å². The number of aliphatic hydroxyl groups is 1. The molecule has 1 aliphatic rings. The van der Waals surface area contributed by atoms with Crippen LogP contribution >= 0.6 is 12.2 Å². The van der Waals surface area contributed by atoms with E-state index in [9.17, 15) is 5.11 Å². The second-order valence-corrected chi connectivity index (χ2v) is 6.10.